The number of nitrogens with two attached hydrogens (primary N) is 1. The van der Waals surface area contributed by atoms with Crippen LogP contribution in [0, 0.1) is 5.92 Å². The van der Waals surface area contributed by atoms with Gasteiger partial charge >= 0.3 is 0 Å². The van der Waals surface area contributed by atoms with Crippen molar-refractivity contribution < 1.29 is 5.11 Å². The molecule has 0 saturated heterocycles. The van der Waals surface area contributed by atoms with Crippen LogP contribution in [0.3, 0.4) is 0 Å². The normalized spacial score (nSPS) is 43.7. The van der Waals surface area contributed by atoms with Gasteiger partial charge in [-0.15, -0.1) is 0 Å². The Morgan fingerprint density at radius 2 is 2.44 bits per heavy atom. The highest BCUT2D eigenvalue weighted by Gasteiger charge is 2.36. The van der Waals surface area contributed by atoms with Gasteiger partial charge in [-0.05, 0) is 18.8 Å². The zero-order chi connectivity index (χ0) is 6.91. The van der Waals surface area contributed by atoms with Crippen LogP contribution in [0.5, 0.6) is 0 Å². The van der Waals surface area contributed by atoms with E-state index in [1.54, 1.807) is 0 Å². The average Bonchev–Trinajstić information content (AvgIpc) is 2.15. The Balaban J connectivity index is 2.56. The van der Waals surface area contributed by atoms with Crippen LogP contribution in [0.25, 0.3) is 0 Å². The molecule has 1 aliphatic carbocycles. The molecule has 3 N–H and O–H groups in total. The Morgan fingerprint density at radius 3 is 2.67 bits per heavy atom. The minimum absolute atomic E-state index is 0.405. The smallest absolute Gasteiger partial charge is 0.0794 e. The summed E-state index contributed by atoms with van der Waals surface area (Å²) >= 11 is 0. The summed E-state index contributed by atoms with van der Waals surface area (Å²) in [6, 6.07) is 0. The molecule has 0 aromatic carbocycles. The fourth-order valence-electron chi connectivity index (χ4n) is 1.53. The lowest BCUT2D eigenvalue weighted by atomic mass is 9.93. The van der Waals surface area contributed by atoms with E-state index in [0.717, 1.165) is 19.3 Å². The predicted molar refractivity (Wildman–Crippen MR) is 37.0 cm³/mol. The Morgan fingerprint density at radius 1 is 1.78 bits per heavy atom. The number of aliphatic hydroxyl groups is 1. The molecule has 2 nitrogen and oxygen atoms in total. The largest absolute Gasteiger partial charge is 0.388 e. The van der Waals surface area contributed by atoms with E-state index in [4.69, 9.17) is 5.73 Å². The van der Waals surface area contributed by atoms with Gasteiger partial charge in [0, 0.05) is 6.54 Å². The van der Waals surface area contributed by atoms with E-state index in [0.29, 0.717) is 12.5 Å². The maximum absolute atomic E-state index is 9.64. The highest BCUT2D eigenvalue weighted by Crippen LogP contribution is 2.33. The van der Waals surface area contributed by atoms with Crippen LogP contribution < -0.4 is 5.73 Å². The molecule has 54 valence electrons. The third kappa shape index (κ3) is 1.10. The van der Waals surface area contributed by atoms with Crippen molar-refractivity contribution in [3.63, 3.8) is 0 Å². The van der Waals surface area contributed by atoms with E-state index in [2.05, 4.69) is 6.92 Å². The van der Waals surface area contributed by atoms with Crippen LogP contribution >= 0.6 is 0 Å². The lowest BCUT2D eigenvalue weighted by Gasteiger charge is -2.25. The van der Waals surface area contributed by atoms with E-state index in [1.165, 1.54) is 0 Å². The standard InChI is InChI=1S/C7H15NO/c1-6-3-2-4-7(6,9)5-8/h6,9H,2-5,8H2,1H3/t6-,7-/m1/s1. The monoisotopic (exact) mass is 129 g/mol. The van der Waals surface area contributed by atoms with Crippen molar-refractivity contribution in [2.75, 3.05) is 6.54 Å². The minimum atomic E-state index is -0.528. The van der Waals surface area contributed by atoms with Crippen molar-refractivity contribution in [2.24, 2.45) is 11.7 Å². The first-order valence-electron chi connectivity index (χ1n) is 3.61. The van der Waals surface area contributed by atoms with Crippen molar-refractivity contribution in [3.05, 3.63) is 0 Å². The van der Waals surface area contributed by atoms with Gasteiger partial charge < -0.3 is 10.8 Å². The molecule has 1 saturated carbocycles. The van der Waals surface area contributed by atoms with E-state index in [-0.39, 0.29) is 0 Å². The topological polar surface area (TPSA) is 46.2 Å². The zero-order valence-electron chi connectivity index (χ0n) is 5.93. The van der Waals surface area contributed by atoms with Gasteiger partial charge in [0.15, 0.2) is 0 Å². The van der Waals surface area contributed by atoms with Gasteiger partial charge in [-0.25, -0.2) is 0 Å². The molecule has 2 atom stereocenters. The molecule has 9 heavy (non-hydrogen) atoms. The summed E-state index contributed by atoms with van der Waals surface area (Å²) in [5.74, 6) is 0.405. The van der Waals surface area contributed by atoms with Crippen LogP contribution in [-0.2, 0) is 0 Å². The Labute approximate surface area is 56.1 Å². The Hall–Kier alpha value is -0.0800. The van der Waals surface area contributed by atoms with Crippen molar-refractivity contribution in [3.8, 4) is 0 Å². The second-order valence-corrected chi connectivity index (χ2v) is 3.10. The molecule has 0 heterocycles. The molecule has 1 rings (SSSR count). The first-order chi connectivity index (χ1) is 4.19. The summed E-state index contributed by atoms with van der Waals surface area (Å²) < 4.78 is 0. The zero-order valence-corrected chi connectivity index (χ0v) is 5.93. The molecule has 0 bridgehead atoms. The lowest BCUT2D eigenvalue weighted by Crippen LogP contribution is -2.39. The van der Waals surface area contributed by atoms with Crippen molar-refractivity contribution in [2.45, 2.75) is 31.8 Å². The molecule has 0 radical (unpaired) electrons. The number of hydrogen-bond donors (Lipinski definition) is 2. The molecule has 0 aliphatic heterocycles. The van der Waals surface area contributed by atoms with E-state index < -0.39 is 5.60 Å². The molecule has 2 heteroatoms. The van der Waals surface area contributed by atoms with Crippen LogP contribution in [0.2, 0.25) is 0 Å². The van der Waals surface area contributed by atoms with Crippen LogP contribution in [0.4, 0.5) is 0 Å². The SMILES string of the molecule is C[C@@H]1CCC[C@@]1(O)CN. The molecular weight excluding hydrogens is 114 g/mol. The molecule has 0 unspecified atom stereocenters. The summed E-state index contributed by atoms with van der Waals surface area (Å²) in [4.78, 5) is 0. The van der Waals surface area contributed by atoms with Crippen molar-refractivity contribution in [1.82, 2.24) is 0 Å². The summed E-state index contributed by atoms with van der Waals surface area (Å²) in [5, 5.41) is 9.64. The third-order valence-corrected chi connectivity index (χ3v) is 2.52. The van der Waals surface area contributed by atoms with Gasteiger partial charge in [-0.2, -0.15) is 0 Å². The maximum Gasteiger partial charge on any atom is 0.0794 e. The second-order valence-electron chi connectivity index (χ2n) is 3.10. The summed E-state index contributed by atoms with van der Waals surface area (Å²) in [5.41, 5.74) is 4.88. The second kappa shape index (κ2) is 2.27. The van der Waals surface area contributed by atoms with E-state index in [9.17, 15) is 5.11 Å². The lowest BCUT2D eigenvalue weighted by molar-refractivity contribution is 0.0182. The van der Waals surface area contributed by atoms with E-state index in [1.807, 2.05) is 0 Å². The molecule has 1 fully saturated rings. The summed E-state index contributed by atoms with van der Waals surface area (Å²) in [6.45, 7) is 2.49. The molecule has 0 spiro atoms. The predicted octanol–water partition coefficient (Wildman–Crippen LogP) is 0.496. The van der Waals surface area contributed by atoms with Gasteiger partial charge in [-0.3, -0.25) is 0 Å². The molecule has 1 aliphatic rings. The number of hydrogen-bond acceptors (Lipinski definition) is 2. The van der Waals surface area contributed by atoms with Gasteiger partial charge in [0.2, 0.25) is 0 Å². The highest BCUT2D eigenvalue weighted by molar-refractivity contribution is 4.90. The fourth-order valence-corrected chi connectivity index (χ4v) is 1.53. The van der Waals surface area contributed by atoms with E-state index >= 15 is 0 Å². The van der Waals surface area contributed by atoms with Crippen LogP contribution in [0.15, 0.2) is 0 Å². The quantitative estimate of drug-likeness (QED) is 0.541. The molecular formula is C7H15NO. The minimum Gasteiger partial charge on any atom is -0.388 e. The number of rotatable bonds is 1. The van der Waals surface area contributed by atoms with Gasteiger partial charge in [0.25, 0.3) is 0 Å². The molecule has 0 aromatic heterocycles. The van der Waals surface area contributed by atoms with Gasteiger partial charge in [0.1, 0.15) is 0 Å². The molecule has 0 aromatic rings. The first-order valence-corrected chi connectivity index (χ1v) is 3.61. The average molecular weight is 129 g/mol. The highest BCUT2D eigenvalue weighted by atomic mass is 16.3. The summed E-state index contributed by atoms with van der Waals surface area (Å²) in [6.07, 6.45) is 3.16. The first kappa shape index (κ1) is 7.03. The van der Waals surface area contributed by atoms with Crippen molar-refractivity contribution >= 4 is 0 Å². The third-order valence-electron chi connectivity index (χ3n) is 2.52. The Kier molecular flexibility index (Phi) is 1.78. The van der Waals surface area contributed by atoms with Crippen molar-refractivity contribution in [1.29, 1.82) is 0 Å². The van der Waals surface area contributed by atoms with Crippen LogP contribution in [-0.4, -0.2) is 17.3 Å². The molecule has 0 amide bonds. The van der Waals surface area contributed by atoms with Crippen LogP contribution in [0.1, 0.15) is 26.2 Å². The fraction of sp³-hybridized carbons (Fsp3) is 1.00. The Bertz CT molecular complexity index is 105. The van der Waals surface area contributed by atoms with Gasteiger partial charge in [-0.1, -0.05) is 13.3 Å². The maximum atomic E-state index is 9.64. The van der Waals surface area contributed by atoms with Gasteiger partial charge in [0.05, 0.1) is 5.60 Å². The summed E-state index contributed by atoms with van der Waals surface area (Å²) in [7, 11) is 0.